The molecule has 0 amide bonds. The highest BCUT2D eigenvalue weighted by molar-refractivity contribution is 7.92. The smallest absolute Gasteiger partial charge is 0.268 e. The molecule has 2 heterocycles. The fourth-order valence-electron chi connectivity index (χ4n) is 1.71. The van der Waals surface area contributed by atoms with E-state index in [1.807, 2.05) is 0 Å². The highest BCUT2D eigenvalue weighted by atomic mass is 32.2. The van der Waals surface area contributed by atoms with Gasteiger partial charge >= 0.3 is 0 Å². The van der Waals surface area contributed by atoms with Crippen molar-refractivity contribution in [1.29, 1.82) is 0 Å². The highest BCUT2D eigenvalue weighted by Crippen LogP contribution is 2.27. The molecule has 0 spiro atoms. The topological polar surface area (TPSA) is 118 Å². The molecule has 0 atom stereocenters. The SMILES string of the molecule is Cc1oc(C)c(S(=O)(=O)Nc2nccnn2)c1CO. The monoisotopic (exact) mass is 284 g/mol. The summed E-state index contributed by atoms with van der Waals surface area (Å²) in [5.41, 5.74) is 0.217. The summed E-state index contributed by atoms with van der Waals surface area (Å²) < 4.78 is 31.9. The molecule has 8 nitrogen and oxygen atoms in total. The molecular weight excluding hydrogens is 272 g/mol. The molecule has 2 rings (SSSR count). The molecule has 19 heavy (non-hydrogen) atoms. The first-order chi connectivity index (χ1) is 8.95. The van der Waals surface area contributed by atoms with Crippen molar-refractivity contribution < 1.29 is 17.9 Å². The summed E-state index contributed by atoms with van der Waals surface area (Å²) in [5, 5.41) is 16.3. The van der Waals surface area contributed by atoms with Crippen LogP contribution in [0.25, 0.3) is 0 Å². The summed E-state index contributed by atoms with van der Waals surface area (Å²) in [6.45, 7) is 2.65. The third kappa shape index (κ3) is 2.56. The third-order valence-electron chi connectivity index (χ3n) is 2.46. The molecule has 0 saturated carbocycles. The van der Waals surface area contributed by atoms with Gasteiger partial charge in [0, 0.05) is 5.56 Å². The van der Waals surface area contributed by atoms with Crippen molar-refractivity contribution in [1.82, 2.24) is 15.2 Å². The van der Waals surface area contributed by atoms with Crippen LogP contribution in [0.3, 0.4) is 0 Å². The molecule has 0 radical (unpaired) electrons. The Bertz CT molecular complexity index is 681. The zero-order valence-electron chi connectivity index (χ0n) is 10.3. The number of rotatable bonds is 4. The van der Waals surface area contributed by atoms with Crippen molar-refractivity contribution in [2.24, 2.45) is 0 Å². The Morgan fingerprint density at radius 3 is 2.63 bits per heavy atom. The minimum atomic E-state index is -3.93. The zero-order chi connectivity index (χ0) is 14.0. The van der Waals surface area contributed by atoms with Crippen LogP contribution in [-0.4, -0.2) is 28.7 Å². The zero-order valence-corrected chi connectivity index (χ0v) is 11.1. The minimum absolute atomic E-state index is 0.0973. The Kier molecular flexibility index (Phi) is 3.49. The lowest BCUT2D eigenvalue weighted by Crippen LogP contribution is -2.17. The Balaban J connectivity index is 2.46. The largest absolute Gasteiger partial charge is 0.465 e. The van der Waals surface area contributed by atoms with E-state index >= 15 is 0 Å². The number of aryl methyl sites for hydroxylation is 2. The second kappa shape index (κ2) is 4.94. The number of nitrogens with zero attached hydrogens (tertiary/aromatic N) is 3. The summed E-state index contributed by atoms with van der Waals surface area (Å²) in [5.74, 6) is 0.398. The van der Waals surface area contributed by atoms with Crippen molar-refractivity contribution in [3.63, 3.8) is 0 Å². The predicted octanol–water partition coefficient (Wildman–Crippen LogP) is 0.375. The van der Waals surface area contributed by atoms with Gasteiger partial charge in [-0.3, -0.25) is 0 Å². The maximum absolute atomic E-state index is 12.2. The van der Waals surface area contributed by atoms with E-state index in [1.165, 1.54) is 19.3 Å². The summed E-state index contributed by atoms with van der Waals surface area (Å²) in [6.07, 6.45) is 2.63. The van der Waals surface area contributed by atoms with E-state index < -0.39 is 16.6 Å². The lowest BCUT2D eigenvalue weighted by atomic mass is 10.2. The highest BCUT2D eigenvalue weighted by Gasteiger charge is 2.27. The second-order valence-corrected chi connectivity index (χ2v) is 5.37. The number of nitrogens with one attached hydrogen (secondary N) is 1. The van der Waals surface area contributed by atoms with Gasteiger partial charge in [-0.1, -0.05) is 0 Å². The molecular formula is C10H12N4O4S. The molecule has 102 valence electrons. The van der Waals surface area contributed by atoms with Crippen LogP contribution in [0.5, 0.6) is 0 Å². The molecule has 0 fully saturated rings. The van der Waals surface area contributed by atoms with E-state index in [9.17, 15) is 13.5 Å². The van der Waals surface area contributed by atoms with Gasteiger partial charge < -0.3 is 9.52 Å². The number of furan rings is 1. The molecule has 2 aromatic rings. The average molecular weight is 284 g/mol. The van der Waals surface area contributed by atoms with Crippen LogP contribution in [0.1, 0.15) is 17.1 Å². The second-order valence-electron chi connectivity index (χ2n) is 3.75. The lowest BCUT2D eigenvalue weighted by molar-refractivity contribution is 0.276. The third-order valence-corrected chi connectivity index (χ3v) is 3.98. The van der Waals surface area contributed by atoms with Crippen molar-refractivity contribution in [2.75, 3.05) is 4.72 Å². The Hall–Kier alpha value is -2.00. The van der Waals surface area contributed by atoms with Crippen LogP contribution >= 0.6 is 0 Å². The normalized spacial score (nSPS) is 11.5. The van der Waals surface area contributed by atoms with Crippen molar-refractivity contribution >= 4 is 16.0 Å². The standard InChI is InChI=1S/C10H12N4O4S/c1-6-8(5-15)9(7(2)18-6)19(16,17)14-10-11-3-4-12-13-10/h3-4,15H,5H2,1-2H3,(H,11,13,14). The van der Waals surface area contributed by atoms with Crippen LogP contribution in [-0.2, 0) is 16.6 Å². The molecule has 0 bridgehead atoms. The average Bonchev–Trinajstić information content (AvgIpc) is 2.64. The van der Waals surface area contributed by atoms with E-state index in [0.717, 1.165) is 0 Å². The van der Waals surface area contributed by atoms with Crippen LogP contribution < -0.4 is 4.72 Å². The fraction of sp³-hybridized carbons (Fsp3) is 0.300. The molecule has 9 heteroatoms. The van der Waals surface area contributed by atoms with Crippen LogP contribution in [0.2, 0.25) is 0 Å². The van der Waals surface area contributed by atoms with E-state index in [1.54, 1.807) is 6.92 Å². The van der Waals surface area contributed by atoms with Gasteiger partial charge in [-0.15, -0.1) is 5.10 Å². The van der Waals surface area contributed by atoms with Crippen molar-refractivity contribution in [3.05, 3.63) is 29.5 Å². The predicted molar refractivity (Wildman–Crippen MR) is 64.7 cm³/mol. The summed E-state index contributed by atoms with van der Waals surface area (Å²) in [7, 11) is -3.93. The summed E-state index contributed by atoms with van der Waals surface area (Å²) in [4.78, 5) is 3.63. The molecule has 0 unspecified atom stereocenters. The van der Waals surface area contributed by atoms with E-state index in [0.29, 0.717) is 5.76 Å². The van der Waals surface area contributed by atoms with Crippen molar-refractivity contribution in [2.45, 2.75) is 25.3 Å². The van der Waals surface area contributed by atoms with Gasteiger partial charge in [0.2, 0.25) is 0 Å². The van der Waals surface area contributed by atoms with Crippen LogP contribution in [0.15, 0.2) is 21.7 Å². The van der Waals surface area contributed by atoms with Crippen LogP contribution in [0, 0.1) is 13.8 Å². The number of hydrogen-bond acceptors (Lipinski definition) is 7. The van der Waals surface area contributed by atoms with E-state index in [2.05, 4.69) is 19.9 Å². The minimum Gasteiger partial charge on any atom is -0.465 e. The number of hydrogen-bond donors (Lipinski definition) is 2. The summed E-state index contributed by atoms with van der Waals surface area (Å²) in [6, 6.07) is 0. The molecule has 2 aromatic heterocycles. The molecule has 2 N–H and O–H groups in total. The number of aromatic nitrogens is 3. The number of aliphatic hydroxyl groups is 1. The maximum Gasteiger partial charge on any atom is 0.268 e. The quantitative estimate of drug-likeness (QED) is 0.832. The van der Waals surface area contributed by atoms with Gasteiger partial charge in [0.05, 0.1) is 19.0 Å². The van der Waals surface area contributed by atoms with Gasteiger partial charge in [-0.25, -0.2) is 18.1 Å². The molecule has 0 saturated heterocycles. The fourth-order valence-corrected chi connectivity index (χ4v) is 3.10. The number of anilines is 1. The van der Waals surface area contributed by atoms with Gasteiger partial charge in [-0.2, -0.15) is 5.10 Å². The molecule has 0 aliphatic heterocycles. The summed E-state index contributed by atoms with van der Waals surface area (Å²) >= 11 is 0. The number of aliphatic hydroxyl groups excluding tert-OH is 1. The molecule has 0 aromatic carbocycles. The van der Waals surface area contributed by atoms with Gasteiger partial charge in [-0.05, 0) is 13.8 Å². The Labute approximate surface area is 109 Å². The Morgan fingerprint density at radius 2 is 2.05 bits per heavy atom. The number of sulfonamides is 1. The first-order valence-electron chi connectivity index (χ1n) is 5.32. The maximum atomic E-state index is 12.2. The van der Waals surface area contributed by atoms with Gasteiger partial charge in [0.25, 0.3) is 16.0 Å². The van der Waals surface area contributed by atoms with Crippen LogP contribution in [0.4, 0.5) is 5.95 Å². The van der Waals surface area contributed by atoms with Gasteiger partial charge in [0.15, 0.2) is 0 Å². The first kappa shape index (κ1) is 13.4. The van der Waals surface area contributed by atoms with E-state index in [-0.39, 0.29) is 22.2 Å². The van der Waals surface area contributed by atoms with E-state index in [4.69, 9.17) is 4.42 Å². The van der Waals surface area contributed by atoms with Gasteiger partial charge in [0.1, 0.15) is 16.4 Å². The molecule has 0 aliphatic rings. The van der Waals surface area contributed by atoms with Crippen molar-refractivity contribution in [3.8, 4) is 0 Å². The Morgan fingerprint density at radius 1 is 1.32 bits per heavy atom. The first-order valence-corrected chi connectivity index (χ1v) is 6.80. The molecule has 0 aliphatic carbocycles. The lowest BCUT2D eigenvalue weighted by Gasteiger charge is -2.06.